The van der Waals surface area contributed by atoms with Crippen molar-refractivity contribution in [3.63, 3.8) is 0 Å². The molecule has 5 nitrogen and oxygen atoms in total. The zero-order chi connectivity index (χ0) is 15.9. The molecule has 0 bridgehead atoms. The molecule has 2 rings (SSSR count). The second-order valence-electron chi connectivity index (χ2n) is 5.05. The maximum Gasteiger partial charge on any atom is 0.257 e. The van der Waals surface area contributed by atoms with Crippen LogP contribution in [-0.2, 0) is 0 Å². The van der Waals surface area contributed by atoms with Crippen molar-refractivity contribution in [3.8, 4) is 6.07 Å². The first kappa shape index (κ1) is 15.5. The fourth-order valence-corrected chi connectivity index (χ4v) is 1.92. The maximum atomic E-state index is 12.1. The molecule has 1 N–H and O–H groups in total. The normalized spacial score (nSPS) is 9.86. The van der Waals surface area contributed by atoms with Gasteiger partial charge in [0.05, 0.1) is 18.1 Å². The number of aromatic nitrogens is 1. The maximum absolute atomic E-state index is 12.1. The van der Waals surface area contributed by atoms with Gasteiger partial charge in [-0.15, -0.1) is 0 Å². The molecule has 0 saturated carbocycles. The van der Waals surface area contributed by atoms with Crippen molar-refractivity contribution in [1.82, 2.24) is 4.98 Å². The number of hydrogen-bond acceptors (Lipinski definition) is 4. The molecule has 0 aliphatic heterocycles. The molecule has 1 aromatic heterocycles. The highest BCUT2D eigenvalue weighted by Gasteiger charge is 2.08. The van der Waals surface area contributed by atoms with E-state index in [1.807, 2.05) is 43.1 Å². The highest BCUT2D eigenvalue weighted by molar-refractivity contribution is 6.04. The van der Waals surface area contributed by atoms with Gasteiger partial charge in [0, 0.05) is 25.5 Å². The fraction of sp³-hybridized carbons (Fsp3) is 0.235. The van der Waals surface area contributed by atoms with Gasteiger partial charge in [-0.2, -0.15) is 5.26 Å². The Morgan fingerprint density at radius 1 is 1.27 bits per heavy atom. The smallest absolute Gasteiger partial charge is 0.257 e. The number of carbonyl (C=O) groups excluding carboxylic acids is 1. The van der Waals surface area contributed by atoms with Crippen LogP contribution in [0.5, 0.6) is 0 Å². The summed E-state index contributed by atoms with van der Waals surface area (Å²) in [5.41, 5.74) is 2.40. The zero-order valence-corrected chi connectivity index (χ0v) is 12.7. The largest absolute Gasteiger partial charge is 0.359 e. The predicted molar refractivity (Wildman–Crippen MR) is 86.9 cm³/mol. The van der Waals surface area contributed by atoms with Crippen LogP contribution in [0.2, 0.25) is 0 Å². The number of nitriles is 1. The summed E-state index contributed by atoms with van der Waals surface area (Å²) in [6, 6.07) is 13.2. The molecule has 0 fully saturated rings. The van der Waals surface area contributed by atoms with Crippen LogP contribution < -0.4 is 10.2 Å². The quantitative estimate of drug-likeness (QED) is 0.920. The third kappa shape index (κ3) is 4.06. The van der Waals surface area contributed by atoms with Gasteiger partial charge >= 0.3 is 0 Å². The average molecular weight is 294 g/mol. The Kier molecular flexibility index (Phi) is 5.10. The number of aryl methyl sites for hydroxylation is 1. The van der Waals surface area contributed by atoms with Gasteiger partial charge < -0.3 is 10.2 Å². The lowest BCUT2D eigenvalue weighted by Crippen LogP contribution is -2.20. The van der Waals surface area contributed by atoms with E-state index in [0.29, 0.717) is 18.5 Å². The molecular weight excluding hydrogens is 276 g/mol. The molecule has 0 spiro atoms. The van der Waals surface area contributed by atoms with Gasteiger partial charge in [-0.05, 0) is 31.2 Å². The van der Waals surface area contributed by atoms with E-state index in [0.717, 1.165) is 17.1 Å². The van der Waals surface area contributed by atoms with Gasteiger partial charge in [0.1, 0.15) is 5.82 Å². The average Bonchev–Trinajstić information content (AvgIpc) is 2.55. The summed E-state index contributed by atoms with van der Waals surface area (Å²) in [6.07, 6.45) is 1.98. The molecular formula is C17H18N4O. The summed E-state index contributed by atoms with van der Waals surface area (Å²) in [6.45, 7) is 2.61. The number of amides is 1. The fourth-order valence-electron chi connectivity index (χ4n) is 1.92. The Morgan fingerprint density at radius 3 is 2.59 bits per heavy atom. The van der Waals surface area contributed by atoms with Crippen molar-refractivity contribution >= 4 is 17.4 Å². The Morgan fingerprint density at radius 2 is 2.00 bits per heavy atom. The summed E-state index contributed by atoms with van der Waals surface area (Å²) >= 11 is 0. The van der Waals surface area contributed by atoms with Crippen LogP contribution in [0.3, 0.4) is 0 Å². The summed E-state index contributed by atoms with van der Waals surface area (Å²) < 4.78 is 0. The lowest BCUT2D eigenvalue weighted by molar-refractivity contribution is 0.102. The second-order valence-corrected chi connectivity index (χ2v) is 5.05. The second kappa shape index (κ2) is 7.23. The topological polar surface area (TPSA) is 69.0 Å². The van der Waals surface area contributed by atoms with Crippen LogP contribution in [0, 0.1) is 18.3 Å². The molecule has 0 radical (unpaired) electrons. The number of pyridine rings is 1. The minimum absolute atomic E-state index is 0.192. The summed E-state index contributed by atoms with van der Waals surface area (Å²) in [4.78, 5) is 18.3. The number of rotatable bonds is 5. The van der Waals surface area contributed by atoms with E-state index in [9.17, 15) is 4.79 Å². The molecule has 0 unspecified atom stereocenters. The molecule has 1 aromatic carbocycles. The van der Waals surface area contributed by atoms with Gasteiger partial charge in [0.25, 0.3) is 5.91 Å². The Hall–Kier alpha value is -2.87. The predicted octanol–water partition coefficient (Wildman–Crippen LogP) is 2.99. The van der Waals surface area contributed by atoms with E-state index < -0.39 is 0 Å². The lowest BCUT2D eigenvalue weighted by atomic mass is 10.2. The standard InChI is InChI=1S/C17H18N4O/c1-13-4-7-15(8-5-13)20-17(22)14-6-9-16(19-12-14)21(2)11-3-10-18/h4-9,12H,3,11H2,1-2H3,(H,20,22). The SMILES string of the molecule is Cc1ccc(NC(=O)c2ccc(N(C)CCC#N)nc2)cc1. The van der Waals surface area contributed by atoms with Gasteiger partial charge in [-0.3, -0.25) is 4.79 Å². The summed E-state index contributed by atoms with van der Waals surface area (Å²) in [5, 5.41) is 11.4. The van der Waals surface area contributed by atoms with Crippen LogP contribution in [0.15, 0.2) is 42.6 Å². The van der Waals surface area contributed by atoms with Crippen LogP contribution in [0.1, 0.15) is 22.3 Å². The summed E-state index contributed by atoms with van der Waals surface area (Å²) in [7, 11) is 1.87. The first-order valence-electron chi connectivity index (χ1n) is 7.02. The van der Waals surface area contributed by atoms with Crippen molar-refractivity contribution in [1.29, 1.82) is 5.26 Å². The third-order valence-corrected chi connectivity index (χ3v) is 3.27. The van der Waals surface area contributed by atoms with Crippen molar-refractivity contribution < 1.29 is 4.79 Å². The molecule has 0 saturated heterocycles. The van der Waals surface area contributed by atoms with E-state index in [4.69, 9.17) is 5.26 Å². The van der Waals surface area contributed by atoms with Crippen LogP contribution in [0.4, 0.5) is 11.5 Å². The van der Waals surface area contributed by atoms with E-state index in [1.54, 1.807) is 18.3 Å². The lowest BCUT2D eigenvalue weighted by Gasteiger charge is -2.16. The van der Waals surface area contributed by atoms with E-state index in [-0.39, 0.29) is 5.91 Å². The highest BCUT2D eigenvalue weighted by atomic mass is 16.1. The van der Waals surface area contributed by atoms with E-state index >= 15 is 0 Å². The molecule has 1 amide bonds. The van der Waals surface area contributed by atoms with E-state index in [1.165, 1.54) is 0 Å². The molecule has 1 heterocycles. The van der Waals surface area contributed by atoms with Gasteiger partial charge in [0.15, 0.2) is 0 Å². The molecule has 2 aromatic rings. The molecule has 22 heavy (non-hydrogen) atoms. The van der Waals surface area contributed by atoms with Crippen molar-refractivity contribution in [2.75, 3.05) is 23.8 Å². The van der Waals surface area contributed by atoms with Crippen LogP contribution >= 0.6 is 0 Å². The minimum atomic E-state index is -0.192. The van der Waals surface area contributed by atoms with Gasteiger partial charge in [-0.1, -0.05) is 17.7 Å². The number of benzene rings is 1. The molecule has 0 aliphatic rings. The van der Waals surface area contributed by atoms with Crippen molar-refractivity contribution in [2.24, 2.45) is 0 Å². The minimum Gasteiger partial charge on any atom is -0.359 e. The molecule has 5 heteroatoms. The first-order valence-corrected chi connectivity index (χ1v) is 7.02. The van der Waals surface area contributed by atoms with Gasteiger partial charge in [0.2, 0.25) is 0 Å². The van der Waals surface area contributed by atoms with Gasteiger partial charge in [-0.25, -0.2) is 4.98 Å². The summed E-state index contributed by atoms with van der Waals surface area (Å²) in [5.74, 6) is 0.546. The number of anilines is 2. The Balaban J connectivity index is 2.02. The van der Waals surface area contributed by atoms with Crippen LogP contribution in [0.25, 0.3) is 0 Å². The number of carbonyl (C=O) groups is 1. The number of nitrogens with one attached hydrogen (secondary N) is 1. The number of hydrogen-bond donors (Lipinski definition) is 1. The Bertz CT molecular complexity index is 671. The zero-order valence-electron chi connectivity index (χ0n) is 12.7. The first-order chi connectivity index (χ1) is 10.6. The molecule has 112 valence electrons. The van der Waals surface area contributed by atoms with Crippen molar-refractivity contribution in [3.05, 3.63) is 53.7 Å². The van der Waals surface area contributed by atoms with Crippen LogP contribution in [-0.4, -0.2) is 24.5 Å². The third-order valence-electron chi connectivity index (χ3n) is 3.27. The Labute approximate surface area is 130 Å². The van der Waals surface area contributed by atoms with E-state index in [2.05, 4.69) is 16.4 Å². The number of nitrogens with zero attached hydrogens (tertiary/aromatic N) is 3. The monoisotopic (exact) mass is 294 g/mol. The molecule has 0 aliphatic carbocycles. The molecule has 0 atom stereocenters. The van der Waals surface area contributed by atoms with Crippen molar-refractivity contribution in [2.45, 2.75) is 13.3 Å². The highest BCUT2D eigenvalue weighted by Crippen LogP contribution is 2.13.